The maximum Gasteiger partial charge on any atom is 0.472 e. The van der Waals surface area contributed by atoms with E-state index in [1.54, 1.807) is 0 Å². The van der Waals surface area contributed by atoms with E-state index in [0.29, 0.717) is 12.8 Å². The molecule has 0 fully saturated rings. The van der Waals surface area contributed by atoms with Gasteiger partial charge in [0.05, 0.1) is 13.2 Å². The first-order valence-corrected chi connectivity index (χ1v) is 23.2. The van der Waals surface area contributed by atoms with Crippen LogP contribution < -0.4 is 5.73 Å². The highest BCUT2D eigenvalue weighted by molar-refractivity contribution is 7.47. The van der Waals surface area contributed by atoms with Crippen LogP contribution in [0.3, 0.4) is 0 Å². The van der Waals surface area contributed by atoms with Crippen LogP contribution >= 0.6 is 7.82 Å². The Balaban J connectivity index is 4.33. The van der Waals surface area contributed by atoms with Crippen molar-refractivity contribution in [1.29, 1.82) is 0 Å². The summed E-state index contributed by atoms with van der Waals surface area (Å²) in [5, 5.41) is 0. The summed E-state index contributed by atoms with van der Waals surface area (Å²) in [6.45, 7) is 3.49. The Kier molecular flexibility index (Phi) is 40.2. The van der Waals surface area contributed by atoms with Gasteiger partial charge in [0.15, 0.2) is 6.10 Å². The molecular formula is C47H78NO8P. The molecule has 0 aliphatic carbocycles. The third-order valence-electron chi connectivity index (χ3n) is 8.45. The molecule has 0 aliphatic heterocycles. The maximum atomic E-state index is 12.6. The van der Waals surface area contributed by atoms with Crippen molar-refractivity contribution in [3.05, 3.63) is 97.2 Å². The summed E-state index contributed by atoms with van der Waals surface area (Å²) in [6, 6.07) is 0. The standard InChI is InChI=1S/C47H78NO8P/c1-3-5-7-9-11-13-15-17-19-21-22-24-26-28-30-32-34-36-38-40-47(50)56-45(44-55-57(51,52)54-42-41-48)43-53-46(49)39-37-35-33-31-29-27-25-23-20-18-16-14-12-10-8-6-4-2/h5,7,11,13,17-20,22,24-25,27-28,30-31,33,45H,3-4,6,8-10,12,14-16,21,23,26,29,32,34-44,48H2,1-2H3,(H,51,52)/b7-5+,13-11+,19-17+,20-18+,24-22+,27-25+,30-28+,33-31+/t45-/m1/s1. The fourth-order valence-corrected chi connectivity index (χ4v) is 6.03. The van der Waals surface area contributed by atoms with Crippen LogP contribution in [-0.2, 0) is 32.7 Å². The smallest absolute Gasteiger partial charge is 0.462 e. The Morgan fingerprint density at radius 3 is 1.49 bits per heavy atom. The molecule has 3 N–H and O–H groups in total. The second kappa shape index (κ2) is 42.5. The Morgan fingerprint density at radius 1 is 0.544 bits per heavy atom. The largest absolute Gasteiger partial charge is 0.472 e. The van der Waals surface area contributed by atoms with Crippen molar-refractivity contribution in [3.8, 4) is 0 Å². The zero-order valence-electron chi connectivity index (χ0n) is 35.5. The van der Waals surface area contributed by atoms with Crippen LogP contribution in [0.5, 0.6) is 0 Å². The number of carbonyl (C=O) groups excluding carboxylic acids is 2. The molecule has 0 aromatic heterocycles. The number of hydrogen-bond donors (Lipinski definition) is 2. The van der Waals surface area contributed by atoms with E-state index in [2.05, 4.69) is 105 Å². The zero-order valence-corrected chi connectivity index (χ0v) is 36.4. The van der Waals surface area contributed by atoms with E-state index in [0.717, 1.165) is 77.0 Å². The minimum atomic E-state index is -4.40. The summed E-state index contributed by atoms with van der Waals surface area (Å²) >= 11 is 0. The molecule has 2 atom stereocenters. The first-order chi connectivity index (χ1) is 27.8. The van der Waals surface area contributed by atoms with E-state index in [4.69, 9.17) is 24.3 Å². The van der Waals surface area contributed by atoms with Crippen molar-refractivity contribution in [2.24, 2.45) is 5.73 Å². The number of hydrogen-bond acceptors (Lipinski definition) is 8. The molecule has 57 heavy (non-hydrogen) atoms. The molecule has 10 heteroatoms. The normalized spacial score (nSPS) is 14.2. The van der Waals surface area contributed by atoms with Gasteiger partial charge in [-0.05, 0) is 89.9 Å². The van der Waals surface area contributed by atoms with E-state index < -0.39 is 32.5 Å². The summed E-state index contributed by atoms with van der Waals surface area (Å²) in [4.78, 5) is 34.8. The van der Waals surface area contributed by atoms with Gasteiger partial charge in [-0.1, -0.05) is 150 Å². The average Bonchev–Trinajstić information content (AvgIpc) is 3.20. The van der Waals surface area contributed by atoms with Crippen LogP contribution in [0.15, 0.2) is 97.2 Å². The Morgan fingerprint density at radius 2 is 0.982 bits per heavy atom. The van der Waals surface area contributed by atoms with Crippen molar-refractivity contribution in [1.82, 2.24) is 0 Å². The second-order valence-corrected chi connectivity index (χ2v) is 15.3. The number of carbonyl (C=O) groups is 2. The fraction of sp³-hybridized carbons (Fsp3) is 0.617. The van der Waals surface area contributed by atoms with E-state index in [1.165, 1.54) is 38.5 Å². The summed E-state index contributed by atoms with van der Waals surface area (Å²) in [5.41, 5.74) is 5.34. The van der Waals surface area contributed by atoms with Crippen molar-refractivity contribution < 1.29 is 37.6 Å². The minimum absolute atomic E-state index is 0.0356. The SMILES string of the molecule is CC/C=C/C/C=C/C/C=C/C/C=C/C/C=C/CCCCCC(=O)O[C@H](COC(=O)CCC/C=C/C/C=C/C/C=C/CCCCCCCC)COP(=O)(O)OCCN. The van der Waals surface area contributed by atoms with Crippen LogP contribution in [0, 0.1) is 0 Å². The molecule has 1 unspecified atom stereocenters. The highest BCUT2D eigenvalue weighted by Crippen LogP contribution is 2.43. The molecular weight excluding hydrogens is 737 g/mol. The highest BCUT2D eigenvalue weighted by atomic mass is 31.2. The molecule has 0 saturated heterocycles. The van der Waals surface area contributed by atoms with E-state index in [-0.39, 0.29) is 32.6 Å². The highest BCUT2D eigenvalue weighted by Gasteiger charge is 2.25. The monoisotopic (exact) mass is 816 g/mol. The van der Waals surface area contributed by atoms with Gasteiger partial charge < -0.3 is 20.1 Å². The molecule has 0 amide bonds. The van der Waals surface area contributed by atoms with Gasteiger partial charge in [0.1, 0.15) is 6.61 Å². The lowest BCUT2D eigenvalue weighted by Crippen LogP contribution is -2.29. The molecule has 324 valence electrons. The van der Waals surface area contributed by atoms with Gasteiger partial charge in [-0.15, -0.1) is 0 Å². The van der Waals surface area contributed by atoms with Gasteiger partial charge in [0.2, 0.25) is 0 Å². The quantitative estimate of drug-likeness (QED) is 0.0269. The van der Waals surface area contributed by atoms with Gasteiger partial charge in [0.25, 0.3) is 0 Å². The summed E-state index contributed by atoms with van der Waals surface area (Å²) < 4.78 is 32.7. The molecule has 0 aliphatic rings. The number of phosphoric ester groups is 1. The van der Waals surface area contributed by atoms with Gasteiger partial charge in [0, 0.05) is 19.4 Å². The maximum absolute atomic E-state index is 12.6. The van der Waals surface area contributed by atoms with Crippen LogP contribution in [0.1, 0.15) is 155 Å². The number of ether oxygens (including phenoxy) is 2. The lowest BCUT2D eigenvalue weighted by molar-refractivity contribution is -0.161. The molecule has 0 bridgehead atoms. The van der Waals surface area contributed by atoms with Crippen molar-refractivity contribution in [3.63, 3.8) is 0 Å². The third kappa shape index (κ3) is 42.4. The molecule has 9 nitrogen and oxygen atoms in total. The minimum Gasteiger partial charge on any atom is -0.462 e. The number of rotatable bonds is 39. The molecule has 0 aromatic rings. The van der Waals surface area contributed by atoms with Crippen molar-refractivity contribution in [2.45, 2.75) is 161 Å². The van der Waals surface area contributed by atoms with Crippen molar-refractivity contribution >= 4 is 19.8 Å². The van der Waals surface area contributed by atoms with Gasteiger partial charge >= 0.3 is 19.8 Å². The number of unbranched alkanes of at least 4 members (excludes halogenated alkanes) is 10. The fourth-order valence-electron chi connectivity index (χ4n) is 5.26. The number of allylic oxidation sites excluding steroid dienone is 16. The number of phosphoric acid groups is 1. The van der Waals surface area contributed by atoms with Gasteiger partial charge in [-0.2, -0.15) is 0 Å². The molecule has 0 radical (unpaired) electrons. The van der Waals surface area contributed by atoms with Crippen LogP contribution in [0.4, 0.5) is 0 Å². The summed E-state index contributed by atoms with van der Waals surface area (Å²) in [5.74, 6) is -0.938. The molecule has 0 spiro atoms. The van der Waals surface area contributed by atoms with E-state index in [9.17, 15) is 19.0 Å². The lowest BCUT2D eigenvalue weighted by Gasteiger charge is -2.19. The summed E-state index contributed by atoms with van der Waals surface area (Å²) in [6.07, 6.45) is 54.5. The second-order valence-electron chi connectivity index (χ2n) is 13.8. The van der Waals surface area contributed by atoms with Crippen LogP contribution in [0.25, 0.3) is 0 Å². The molecule has 0 aromatic carbocycles. The Bertz CT molecular complexity index is 1250. The third-order valence-corrected chi connectivity index (χ3v) is 9.44. The number of esters is 2. The van der Waals surface area contributed by atoms with Gasteiger partial charge in [-0.25, -0.2) is 4.57 Å². The van der Waals surface area contributed by atoms with E-state index >= 15 is 0 Å². The lowest BCUT2D eigenvalue weighted by atomic mass is 10.1. The Labute approximate surface area is 346 Å². The van der Waals surface area contributed by atoms with Crippen LogP contribution in [-0.4, -0.2) is 49.3 Å². The van der Waals surface area contributed by atoms with Crippen molar-refractivity contribution in [2.75, 3.05) is 26.4 Å². The first-order valence-electron chi connectivity index (χ1n) is 21.7. The average molecular weight is 816 g/mol. The predicted molar refractivity (Wildman–Crippen MR) is 238 cm³/mol. The molecule has 0 heterocycles. The molecule has 0 rings (SSSR count). The Hall–Kier alpha value is -3.07. The summed E-state index contributed by atoms with van der Waals surface area (Å²) in [7, 11) is -4.40. The topological polar surface area (TPSA) is 134 Å². The predicted octanol–water partition coefficient (Wildman–Crippen LogP) is 12.6. The van der Waals surface area contributed by atoms with E-state index in [1.807, 2.05) is 6.08 Å². The molecule has 0 saturated carbocycles. The van der Waals surface area contributed by atoms with Crippen LogP contribution in [0.2, 0.25) is 0 Å². The van der Waals surface area contributed by atoms with Gasteiger partial charge in [-0.3, -0.25) is 18.6 Å². The zero-order chi connectivity index (χ0) is 41.8. The first kappa shape index (κ1) is 53.9. The number of nitrogens with two attached hydrogens (primary N) is 1.